The van der Waals surface area contributed by atoms with Crippen molar-refractivity contribution in [3.05, 3.63) is 35.9 Å². The number of benzene rings is 1. The maximum atomic E-state index is 6.17. The van der Waals surface area contributed by atoms with Crippen LogP contribution in [0.5, 0.6) is 0 Å². The van der Waals surface area contributed by atoms with E-state index in [4.69, 9.17) is 9.47 Å². The van der Waals surface area contributed by atoms with Gasteiger partial charge >= 0.3 is 0 Å². The molecule has 3 atom stereocenters. The second kappa shape index (κ2) is 6.70. The van der Waals surface area contributed by atoms with Gasteiger partial charge in [-0.15, -0.1) is 0 Å². The van der Waals surface area contributed by atoms with Crippen molar-refractivity contribution in [3.63, 3.8) is 0 Å². The summed E-state index contributed by atoms with van der Waals surface area (Å²) in [7, 11) is 0. The van der Waals surface area contributed by atoms with Crippen LogP contribution in [0.25, 0.3) is 0 Å². The molecule has 0 N–H and O–H groups in total. The average Bonchev–Trinajstić information content (AvgIpc) is 2.81. The summed E-state index contributed by atoms with van der Waals surface area (Å²) < 4.78 is 11.9. The summed E-state index contributed by atoms with van der Waals surface area (Å²) in [6.07, 6.45) is 3.83. The smallest absolute Gasteiger partial charge is 0.158 e. The predicted molar refractivity (Wildman–Crippen MR) is 79.3 cm³/mol. The first-order valence-corrected chi connectivity index (χ1v) is 7.84. The Labute approximate surface area is 121 Å². The Hall–Kier alpha value is -0.900. The zero-order chi connectivity index (χ0) is 13.8. The first kappa shape index (κ1) is 14.1. The second-order valence-corrected chi connectivity index (χ2v) is 6.13. The molecular formula is C17H25NO2. The van der Waals surface area contributed by atoms with E-state index in [0.717, 1.165) is 32.7 Å². The van der Waals surface area contributed by atoms with E-state index < -0.39 is 0 Å². The summed E-state index contributed by atoms with van der Waals surface area (Å²) in [5.74, 6) is 0.587. The van der Waals surface area contributed by atoms with Crippen LogP contribution in [-0.2, 0) is 16.0 Å². The van der Waals surface area contributed by atoms with Gasteiger partial charge in [-0.05, 0) is 30.7 Å². The zero-order valence-electron chi connectivity index (χ0n) is 12.3. The highest BCUT2D eigenvalue weighted by molar-refractivity contribution is 5.14. The number of likely N-dealkylation sites (tertiary alicyclic amines) is 1. The van der Waals surface area contributed by atoms with Gasteiger partial charge in [-0.3, -0.25) is 4.90 Å². The molecule has 0 aliphatic carbocycles. The summed E-state index contributed by atoms with van der Waals surface area (Å²) >= 11 is 0. The summed E-state index contributed by atoms with van der Waals surface area (Å²) in [5.41, 5.74) is 1.38. The summed E-state index contributed by atoms with van der Waals surface area (Å²) in [4.78, 5) is 2.49. The van der Waals surface area contributed by atoms with Crippen molar-refractivity contribution in [3.8, 4) is 0 Å². The third kappa shape index (κ3) is 3.60. The van der Waals surface area contributed by atoms with Gasteiger partial charge in [0.15, 0.2) is 6.29 Å². The molecule has 0 saturated carbocycles. The van der Waals surface area contributed by atoms with Gasteiger partial charge in [0, 0.05) is 26.2 Å². The lowest BCUT2D eigenvalue weighted by atomic mass is 10.1. The minimum absolute atomic E-state index is 0.0351. The minimum Gasteiger partial charge on any atom is -0.353 e. The molecule has 0 amide bonds. The van der Waals surface area contributed by atoms with Crippen LogP contribution in [0, 0.1) is 5.92 Å². The van der Waals surface area contributed by atoms with Crippen LogP contribution >= 0.6 is 0 Å². The van der Waals surface area contributed by atoms with Crippen molar-refractivity contribution in [1.29, 1.82) is 0 Å². The Bertz CT molecular complexity index is 403. The van der Waals surface area contributed by atoms with Crippen LogP contribution in [0.4, 0.5) is 0 Å². The molecule has 2 aliphatic rings. The Balaban J connectivity index is 1.51. The maximum absolute atomic E-state index is 6.17. The van der Waals surface area contributed by atoms with Crippen LogP contribution in [0.1, 0.15) is 31.7 Å². The van der Waals surface area contributed by atoms with Crippen molar-refractivity contribution < 1.29 is 9.47 Å². The van der Waals surface area contributed by atoms with Crippen molar-refractivity contribution >= 4 is 0 Å². The lowest BCUT2D eigenvalue weighted by Gasteiger charge is -2.27. The summed E-state index contributed by atoms with van der Waals surface area (Å²) in [6.45, 7) is 6.32. The predicted octanol–water partition coefficient (Wildman–Crippen LogP) is 3.05. The molecule has 2 fully saturated rings. The molecule has 3 heteroatoms. The fraction of sp³-hybridized carbons (Fsp3) is 0.647. The molecular weight excluding hydrogens is 250 g/mol. The van der Waals surface area contributed by atoms with Crippen molar-refractivity contribution in [2.75, 3.05) is 19.7 Å². The van der Waals surface area contributed by atoms with Gasteiger partial charge in [-0.1, -0.05) is 37.3 Å². The van der Waals surface area contributed by atoms with Gasteiger partial charge in [-0.2, -0.15) is 0 Å². The average molecular weight is 275 g/mol. The fourth-order valence-corrected chi connectivity index (χ4v) is 3.20. The van der Waals surface area contributed by atoms with Gasteiger partial charge in [0.05, 0.1) is 6.10 Å². The molecule has 3 rings (SSSR count). The van der Waals surface area contributed by atoms with Crippen LogP contribution in [0.3, 0.4) is 0 Å². The normalized spacial score (nSPS) is 31.6. The Morgan fingerprint density at radius 2 is 2.05 bits per heavy atom. The van der Waals surface area contributed by atoms with Crippen molar-refractivity contribution in [1.82, 2.24) is 4.90 Å². The van der Waals surface area contributed by atoms with Gasteiger partial charge in [0.2, 0.25) is 0 Å². The Kier molecular flexibility index (Phi) is 4.71. The number of rotatable bonds is 4. The molecule has 1 aromatic carbocycles. The molecule has 0 radical (unpaired) electrons. The second-order valence-electron chi connectivity index (χ2n) is 6.13. The highest BCUT2D eigenvalue weighted by atomic mass is 16.7. The topological polar surface area (TPSA) is 21.7 Å². The molecule has 2 saturated heterocycles. The summed E-state index contributed by atoms with van der Waals surface area (Å²) in [6, 6.07) is 10.7. The van der Waals surface area contributed by atoms with Crippen LogP contribution in [-0.4, -0.2) is 37.0 Å². The molecule has 2 heterocycles. The van der Waals surface area contributed by atoms with Crippen molar-refractivity contribution in [2.45, 2.75) is 45.1 Å². The van der Waals surface area contributed by atoms with Crippen LogP contribution < -0.4 is 0 Å². The van der Waals surface area contributed by atoms with Crippen molar-refractivity contribution in [2.24, 2.45) is 5.92 Å². The molecule has 3 unspecified atom stereocenters. The van der Waals surface area contributed by atoms with E-state index in [1.54, 1.807) is 0 Å². The lowest BCUT2D eigenvalue weighted by Crippen LogP contribution is -2.32. The Morgan fingerprint density at radius 1 is 1.20 bits per heavy atom. The van der Waals surface area contributed by atoms with Gasteiger partial charge in [-0.25, -0.2) is 0 Å². The molecule has 20 heavy (non-hydrogen) atoms. The van der Waals surface area contributed by atoms with Crippen LogP contribution in [0.2, 0.25) is 0 Å². The largest absolute Gasteiger partial charge is 0.353 e. The van der Waals surface area contributed by atoms with Gasteiger partial charge in [0.25, 0.3) is 0 Å². The molecule has 3 nitrogen and oxygen atoms in total. The fourth-order valence-electron chi connectivity index (χ4n) is 3.20. The first-order valence-electron chi connectivity index (χ1n) is 7.84. The monoisotopic (exact) mass is 275 g/mol. The molecule has 1 aromatic rings. The minimum atomic E-state index is 0.0351. The molecule has 110 valence electrons. The number of hydrogen-bond acceptors (Lipinski definition) is 3. The number of nitrogens with zero attached hydrogens (tertiary/aromatic N) is 1. The molecule has 2 aliphatic heterocycles. The maximum Gasteiger partial charge on any atom is 0.158 e. The van der Waals surface area contributed by atoms with E-state index in [1.807, 2.05) is 0 Å². The van der Waals surface area contributed by atoms with Gasteiger partial charge < -0.3 is 9.47 Å². The van der Waals surface area contributed by atoms with E-state index >= 15 is 0 Å². The standard InChI is InChI=1S/C17H25NO2/c1-14-11-18(12-15-7-3-2-4-8-15)13-16(14)20-17-9-5-6-10-19-17/h2-4,7-8,14,16-17H,5-6,9-13H2,1H3. The SMILES string of the molecule is CC1CN(Cc2ccccc2)CC1OC1CCCCO1. The van der Waals surface area contributed by atoms with E-state index in [9.17, 15) is 0 Å². The third-order valence-electron chi connectivity index (χ3n) is 4.33. The number of hydrogen-bond donors (Lipinski definition) is 0. The van der Waals surface area contributed by atoms with Gasteiger partial charge in [0.1, 0.15) is 0 Å². The van der Waals surface area contributed by atoms with E-state index in [0.29, 0.717) is 12.0 Å². The zero-order valence-corrected chi connectivity index (χ0v) is 12.3. The first-order chi connectivity index (χ1) is 9.81. The third-order valence-corrected chi connectivity index (χ3v) is 4.33. The quantitative estimate of drug-likeness (QED) is 0.843. The van der Waals surface area contributed by atoms with Crippen LogP contribution in [0.15, 0.2) is 30.3 Å². The Morgan fingerprint density at radius 3 is 2.80 bits per heavy atom. The molecule has 0 bridgehead atoms. The van der Waals surface area contributed by atoms with E-state index in [-0.39, 0.29) is 6.29 Å². The summed E-state index contributed by atoms with van der Waals surface area (Å²) in [5, 5.41) is 0. The highest BCUT2D eigenvalue weighted by Crippen LogP contribution is 2.25. The highest BCUT2D eigenvalue weighted by Gasteiger charge is 2.32. The molecule has 0 aromatic heterocycles. The number of ether oxygens (including phenoxy) is 2. The van der Waals surface area contributed by atoms with E-state index in [2.05, 4.69) is 42.2 Å². The van der Waals surface area contributed by atoms with E-state index in [1.165, 1.54) is 18.4 Å². The molecule has 0 spiro atoms. The lowest BCUT2D eigenvalue weighted by molar-refractivity contribution is -0.191.